The van der Waals surface area contributed by atoms with E-state index in [0.717, 1.165) is 6.92 Å². The van der Waals surface area contributed by atoms with Crippen LogP contribution in [-0.4, -0.2) is 167 Å². The molecule has 5 rings (SSSR count). The molecule has 3 aliphatic heterocycles. The molecule has 5 fully saturated rings. The lowest BCUT2D eigenvalue weighted by atomic mass is 9.72. The second-order valence-electron chi connectivity index (χ2n) is 13.3. The summed E-state index contributed by atoms with van der Waals surface area (Å²) in [5.74, 6) is -1.33. The molecule has 2 aliphatic carbocycles. The first-order chi connectivity index (χ1) is 21.2. The first-order valence-corrected chi connectivity index (χ1v) is 15.8. The third-order valence-electron chi connectivity index (χ3n) is 10.1. The molecule has 0 aromatic heterocycles. The molecule has 19 unspecified atom stereocenters. The summed E-state index contributed by atoms with van der Waals surface area (Å²) in [6, 6.07) is 0. The van der Waals surface area contributed by atoms with Crippen molar-refractivity contribution in [2.24, 2.45) is 11.8 Å². The first-order valence-electron chi connectivity index (χ1n) is 15.8. The van der Waals surface area contributed by atoms with Crippen molar-refractivity contribution in [3.8, 4) is 0 Å². The average molecular weight is 654 g/mol. The number of aliphatic hydroxyl groups is 11. The van der Waals surface area contributed by atoms with Gasteiger partial charge in [0.1, 0.15) is 42.7 Å². The molecule has 2 saturated carbocycles. The van der Waals surface area contributed by atoms with Crippen LogP contribution in [0.25, 0.3) is 0 Å². The zero-order valence-corrected chi connectivity index (χ0v) is 25.3. The monoisotopic (exact) mass is 653 g/mol. The van der Waals surface area contributed by atoms with Crippen molar-refractivity contribution < 1.29 is 79.2 Å². The lowest BCUT2D eigenvalue weighted by molar-refractivity contribution is -0.362. The minimum Gasteiger partial charge on any atom is -0.454 e. The van der Waals surface area contributed by atoms with Crippen LogP contribution in [0.4, 0.5) is 0 Å². The third kappa shape index (κ3) is 7.65. The molecule has 0 amide bonds. The van der Waals surface area contributed by atoms with Gasteiger partial charge in [0.15, 0.2) is 30.9 Å². The summed E-state index contributed by atoms with van der Waals surface area (Å²) in [7, 11) is 0. The van der Waals surface area contributed by atoms with Gasteiger partial charge in [-0.3, -0.25) is 4.79 Å². The maximum atomic E-state index is 11.6. The van der Waals surface area contributed by atoms with E-state index in [0.29, 0.717) is 19.3 Å². The Morgan fingerprint density at radius 2 is 1.51 bits per heavy atom. The van der Waals surface area contributed by atoms with E-state index in [1.54, 1.807) is 0 Å². The van der Waals surface area contributed by atoms with E-state index < -0.39 is 111 Å². The van der Waals surface area contributed by atoms with Gasteiger partial charge >= 0.3 is 5.97 Å². The number of carbonyl (C=O) groups is 1. The second-order valence-corrected chi connectivity index (χ2v) is 13.3. The minimum atomic E-state index is -1.73. The molecular formula is C29H49O16+. The fraction of sp³-hybridized carbons (Fsp3) is 0.966. The molecular weight excluding hydrogens is 604 g/mol. The van der Waals surface area contributed by atoms with Crippen molar-refractivity contribution in [3.05, 3.63) is 0 Å². The zero-order chi connectivity index (χ0) is 32.7. The maximum absolute atomic E-state index is 11.6. The normalized spacial score (nSPS) is 52.6. The molecule has 19 atom stereocenters. The van der Waals surface area contributed by atoms with Gasteiger partial charge in [-0.2, -0.15) is 0 Å². The highest BCUT2D eigenvalue weighted by atomic mass is 16.7. The maximum Gasteiger partial charge on any atom is 0.303 e. The Bertz CT molecular complexity index is 988. The number of ether oxygens (including phenoxy) is 6. The third-order valence-corrected chi connectivity index (χ3v) is 10.1. The van der Waals surface area contributed by atoms with Crippen LogP contribution in [0, 0.1) is 11.8 Å². The van der Waals surface area contributed by atoms with Gasteiger partial charge in [-0.05, 0) is 32.6 Å². The summed E-state index contributed by atoms with van der Waals surface area (Å²) in [5, 5.41) is 94.5. The predicted octanol–water partition coefficient (Wildman–Crippen LogP) is -4.08. The van der Waals surface area contributed by atoms with Crippen LogP contribution >= 0.6 is 0 Å². The Kier molecular flexibility index (Phi) is 11.4. The fourth-order valence-electron chi connectivity index (χ4n) is 7.49. The molecule has 3 saturated heterocycles. The van der Waals surface area contributed by atoms with Crippen LogP contribution in [0.2, 0.25) is 0 Å². The highest BCUT2D eigenvalue weighted by Gasteiger charge is 2.55. The fourth-order valence-corrected chi connectivity index (χ4v) is 7.49. The van der Waals surface area contributed by atoms with Crippen molar-refractivity contribution in [1.82, 2.24) is 0 Å². The van der Waals surface area contributed by atoms with Gasteiger partial charge in [-0.25, -0.2) is 0 Å². The number of hydrogen-bond acceptors (Lipinski definition) is 15. The molecule has 3 heterocycles. The molecule has 16 heteroatoms. The quantitative estimate of drug-likeness (QED) is 0.0935. The van der Waals surface area contributed by atoms with E-state index in [9.17, 15) is 50.8 Å². The lowest BCUT2D eigenvalue weighted by Crippen LogP contribution is -2.63. The Morgan fingerprint density at radius 3 is 2.20 bits per heavy atom. The number of aliphatic hydroxyl groups excluding tert-OH is 9. The van der Waals surface area contributed by atoms with Crippen LogP contribution in [0.1, 0.15) is 52.4 Å². The molecule has 0 aromatic carbocycles. The lowest BCUT2D eigenvalue weighted by Gasteiger charge is -2.48. The van der Waals surface area contributed by atoms with Crippen LogP contribution in [0.5, 0.6) is 0 Å². The Labute approximate surface area is 260 Å². The van der Waals surface area contributed by atoms with E-state index in [4.69, 9.17) is 28.4 Å². The molecule has 16 nitrogen and oxygen atoms in total. The van der Waals surface area contributed by atoms with Crippen LogP contribution in [0.15, 0.2) is 0 Å². The number of rotatable bonds is 7. The van der Waals surface area contributed by atoms with E-state index in [1.807, 2.05) is 0 Å². The van der Waals surface area contributed by atoms with Crippen molar-refractivity contribution in [1.29, 1.82) is 0 Å². The summed E-state index contributed by atoms with van der Waals surface area (Å²) in [6.07, 6.45) is -17.5. The van der Waals surface area contributed by atoms with Gasteiger partial charge in [0, 0.05) is 25.7 Å². The summed E-state index contributed by atoms with van der Waals surface area (Å²) < 4.78 is 33.5. The van der Waals surface area contributed by atoms with Crippen molar-refractivity contribution in [3.63, 3.8) is 0 Å². The van der Waals surface area contributed by atoms with Gasteiger partial charge in [0.2, 0.25) is 0 Å². The topological polar surface area (TPSA) is 258 Å². The highest BCUT2D eigenvalue weighted by molar-refractivity contribution is 5.66. The van der Waals surface area contributed by atoms with E-state index >= 15 is 0 Å². The molecule has 45 heavy (non-hydrogen) atoms. The summed E-state index contributed by atoms with van der Waals surface area (Å²) >= 11 is 0. The molecule has 5 aliphatic rings. The number of carbonyl (C=O) groups excluding carboxylic acids is 1. The van der Waals surface area contributed by atoms with Crippen molar-refractivity contribution in [2.45, 2.75) is 157 Å². The number of hydrogen-bond donors (Lipinski definition) is 9. The first kappa shape index (κ1) is 35.2. The van der Waals surface area contributed by atoms with Crippen LogP contribution in [-0.2, 0) is 28.5 Å². The van der Waals surface area contributed by atoms with Crippen LogP contribution < -0.4 is 0 Å². The Balaban J connectivity index is 1.30. The van der Waals surface area contributed by atoms with Crippen molar-refractivity contribution >= 4 is 5.97 Å². The van der Waals surface area contributed by atoms with Gasteiger partial charge in [-0.15, -0.1) is 0 Å². The Hall–Kier alpha value is -1.09. The van der Waals surface area contributed by atoms with Gasteiger partial charge in [0.05, 0.1) is 43.0 Å². The number of fused-ring (bicyclic) bond motifs is 1. The molecule has 260 valence electrons. The molecule has 0 radical (unpaired) electrons. The zero-order valence-electron chi connectivity index (χ0n) is 25.3. The largest absolute Gasteiger partial charge is 0.454 e. The SMILES string of the molecule is CC(=O)OC1C(OCC2OC(OC3CC4C(O)CC(O)CC4[OH+]C3C3CCC(O)C(O)C3)C(O)C(O)C2O)OC(C)C(O)C1O. The second kappa shape index (κ2) is 14.6. The molecule has 10 N–H and O–H groups in total. The molecule has 0 aromatic rings. The van der Waals surface area contributed by atoms with Crippen LogP contribution in [0.3, 0.4) is 0 Å². The Morgan fingerprint density at radius 1 is 0.778 bits per heavy atom. The average Bonchev–Trinajstić information content (AvgIpc) is 2.98. The van der Waals surface area contributed by atoms with E-state index in [1.165, 1.54) is 6.92 Å². The number of esters is 1. The standard InChI is InChI=1S/C29H48O16/c1-10-21(35)24(38)27(42-11(2)30)29(41-10)40-9-20-22(36)23(37)25(39)28(45-20)44-19-8-14-16(33)6-13(31)7-18(14)43-26(19)12-3-4-15(32)17(34)5-12/h10,12-29,31-39H,3-9H2,1-2H3/p+1. The minimum absolute atomic E-state index is 0.178. The van der Waals surface area contributed by atoms with E-state index in [2.05, 4.69) is 0 Å². The van der Waals surface area contributed by atoms with E-state index in [-0.39, 0.29) is 37.2 Å². The molecule has 0 spiro atoms. The smallest absolute Gasteiger partial charge is 0.303 e. The predicted molar refractivity (Wildman–Crippen MR) is 148 cm³/mol. The van der Waals surface area contributed by atoms with Crippen molar-refractivity contribution in [2.75, 3.05) is 6.61 Å². The summed E-state index contributed by atoms with van der Waals surface area (Å²) in [5.41, 5.74) is 0. The van der Waals surface area contributed by atoms with Gasteiger partial charge in [-0.1, -0.05) is 0 Å². The van der Waals surface area contributed by atoms with Gasteiger partial charge in [0.25, 0.3) is 0 Å². The van der Waals surface area contributed by atoms with Gasteiger partial charge < -0.3 is 74.4 Å². The summed E-state index contributed by atoms with van der Waals surface area (Å²) in [4.78, 5) is 11.6. The highest BCUT2D eigenvalue weighted by Crippen LogP contribution is 2.42. The summed E-state index contributed by atoms with van der Waals surface area (Å²) in [6.45, 7) is 2.13. The molecule has 0 bridgehead atoms.